The van der Waals surface area contributed by atoms with E-state index in [-0.39, 0.29) is 5.91 Å². The van der Waals surface area contributed by atoms with E-state index in [1.54, 1.807) is 6.20 Å². The molecule has 0 aliphatic heterocycles. The first-order valence-corrected chi connectivity index (χ1v) is 6.72. The summed E-state index contributed by atoms with van der Waals surface area (Å²) in [5.41, 5.74) is 7.74. The molecule has 104 valence electrons. The minimum Gasteiger partial charge on any atom is -0.326 e. The summed E-state index contributed by atoms with van der Waals surface area (Å²) in [6.07, 6.45) is 1.65. The molecule has 4 nitrogen and oxygen atoms in total. The fourth-order valence-electron chi connectivity index (χ4n) is 2.22. The Bertz CT molecular complexity index is 776. The standard InChI is InChI=1S/C17H15N3O/c18-11-12-5-7-14(8-6-12)20-17(21)16-15-4-2-1-3-13(15)9-10-19-16/h1-10H,11,18H2,(H,20,21). The zero-order valence-corrected chi connectivity index (χ0v) is 11.4. The Morgan fingerprint density at radius 1 is 1.05 bits per heavy atom. The number of carbonyl (C=O) groups is 1. The molecular weight excluding hydrogens is 262 g/mol. The van der Waals surface area contributed by atoms with Crippen LogP contribution in [0.2, 0.25) is 0 Å². The number of fused-ring (bicyclic) bond motifs is 1. The third-order valence-corrected chi connectivity index (χ3v) is 3.34. The Morgan fingerprint density at radius 2 is 1.81 bits per heavy atom. The fourth-order valence-corrected chi connectivity index (χ4v) is 2.22. The Labute approximate surface area is 122 Å². The topological polar surface area (TPSA) is 68.0 Å². The number of rotatable bonds is 3. The summed E-state index contributed by atoms with van der Waals surface area (Å²) < 4.78 is 0. The quantitative estimate of drug-likeness (QED) is 0.773. The number of nitrogens with zero attached hydrogens (tertiary/aromatic N) is 1. The highest BCUT2D eigenvalue weighted by Crippen LogP contribution is 2.18. The van der Waals surface area contributed by atoms with Crippen LogP contribution in [0.5, 0.6) is 0 Å². The SMILES string of the molecule is NCc1ccc(NC(=O)c2nccc3ccccc23)cc1. The van der Waals surface area contributed by atoms with Gasteiger partial charge in [0.05, 0.1) is 0 Å². The molecule has 0 aliphatic carbocycles. The summed E-state index contributed by atoms with van der Waals surface area (Å²) in [6.45, 7) is 0.485. The van der Waals surface area contributed by atoms with E-state index in [1.165, 1.54) is 0 Å². The maximum atomic E-state index is 12.4. The molecule has 0 spiro atoms. The number of aromatic nitrogens is 1. The van der Waals surface area contributed by atoms with E-state index >= 15 is 0 Å². The van der Waals surface area contributed by atoms with Gasteiger partial charge in [0.15, 0.2) is 0 Å². The van der Waals surface area contributed by atoms with E-state index in [2.05, 4.69) is 10.3 Å². The highest BCUT2D eigenvalue weighted by Gasteiger charge is 2.11. The van der Waals surface area contributed by atoms with Crippen LogP contribution in [0.15, 0.2) is 60.8 Å². The van der Waals surface area contributed by atoms with Crippen LogP contribution < -0.4 is 11.1 Å². The van der Waals surface area contributed by atoms with Crippen molar-refractivity contribution in [1.82, 2.24) is 4.98 Å². The van der Waals surface area contributed by atoms with Gasteiger partial charge in [-0.15, -0.1) is 0 Å². The van der Waals surface area contributed by atoms with E-state index in [0.717, 1.165) is 22.0 Å². The maximum Gasteiger partial charge on any atom is 0.274 e. The molecule has 3 aromatic rings. The minimum atomic E-state index is -0.215. The lowest BCUT2D eigenvalue weighted by atomic mass is 10.1. The van der Waals surface area contributed by atoms with Gasteiger partial charge in [-0.2, -0.15) is 0 Å². The first kappa shape index (κ1) is 13.3. The van der Waals surface area contributed by atoms with E-state index in [4.69, 9.17) is 5.73 Å². The van der Waals surface area contributed by atoms with Crippen molar-refractivity contribution in [3.05, 3.63) is 72.1 Å². The zero-order chi connectivity index (χ0) is 14.7. The number of hydrogen-bond acceptors (Lipinski definition) is 3. The summed E-state index contributed by atoms with van der Waals surface area (Å²) in [5.74, 6) is -0.215. The molecule has 0 unspecified atom stereocenters. The van der Waals surface area contributed by atoms with Gasteiger partial charge in [-0.25, -0.2) is 0 Å². The molecular formula is C17H15N3O. The van der Waals surface area contributed by atoms with Gasteiger partial charge in [0.1, 0.15) is 5.69 Å². The molecule has 0 saturated heterocycles. The number of nitrogens with one attached hydrogen (secondary N) is 1. The van der Waals surface area contributed by atoms with Gasteiger partial charge in [0, 0.05) is 23.8 Å². The van der Waals surface area contributed by atoms with Gasteiger partial charge in [-0.05, 0) is 29.1 Å². The fraction of sp³-hybridized carbons (Fsp3) is 0.0588. The number of amides is 1. The zero-order valence-electron chi connectivity index (χ0n) is 11.4. The number of pyridine rings is 1. The van der Waals surface area contributed by atoms with Crippen LogP contribution in [-0.4, -0.2) is 10.9 Å². The van der Waals surface area contributed by atoms with Crippen LogP contribution in [0.25, 0.3) is 10.8 Å². The van der Waals surface area contributed by atoms with E-state index in [0.29, 0.717) is 12.2 Å². The molecule has 1 amide bonds. The predicted octanol–water partition coefficient (Wildman–Crippen LogP) is 2.95. The van der Waals surface area contributed by atoms with Gasteiger partial charge >= 0.3 is 0 Å². The van der Waals surface area contributed by atoms with Gasteiger partial charge in [-0.1, -0.05) is 36.4 Å². The highest BCUT2D eigenvalue weighted by molar-refractivity contribution is 6.11. The molecule has 0 saturated carbocycles. The maximum absolute atomic E-state index is 12.4. The van der Waals surface area contributed by atoms with Crippen LogP contribution >= 0.6 is 0 Å². The summed E-state index contributed by atoms with van der Waals surface area (Å²) in [4.78, 5) is 16.6. The van der Waals surface area contributed by atoms with Gasteiger partial charge in [0.25, 0.3) is 5.91 Å². The largest absolute Gasteiger partial charge is 0.326 e. The number of nitrogens with two attached hydrogens (primary N) is 1. The molecule has 0 atom stereocenters. The lowest BCUT2D eigenvalue weighted by Crippen LogP contribution is -2.14. The number of benzene rings is 2. The van der Waals surface area contributed by atoms with E-state index in [9.17, 15) is 4.79 Å². The lowest BCUT2D eigenvalue weighted by Gasteiger charge is -2.07. The predicted molar refractivity (Wildman–Crippen MR) is 84.0 cm³/mol. The average molecular weight is 277 g/mol. The highest BCUT2D eigenvalue weighted by atomic mass is 16.1. The minimum absolute atomic E-state index is 0.215. The summed E-state index contributed by atoms with van der Waals surface area (Å²) in [6, 6.07) is 17.1. The van der Waals surface area contributed by atoms with Gasteiger partial charge in [0.2, 0.25) is 0 Å². The van der Waals surface area contributed by atoms with Crippen molar-refractivity contribution in [1.29, 1.82) is 0 Å². The van der Waals surface area contributed by atoms with Crippen LogP contribution in [0.4, 0.5) is 5.69 Å². The van der Waals surface area contributed by atoms with Gasteiger partial charge in [-0.3, -0.25) is 9.78 Å². The van der Waals surface area contributed by atoms with Crippen molar-refractivity contribution in [2.75, 3.05) is 5.32 Å². The first-order valence-electron chi connectivity index (χ1n) is 6.72. The first-order chi connectivity index (χ1) is 10.3. The summed E-state index contributed by atoms with van der Waals surface area (Å²) in [5, 5.41) is 4.70. The molecule has 3 rings (SSSR count). The van der Waals surface area contributed by atoms with Crippen molar-refractivity contribution in [3.63, 3.8) is 0 Å². The third-order valence-electron chi connectivity index (χ3n) is 3.34. The molecule has 3 N–H and O–H groups in total. The lowest BCUT2D eigenvalue weighted by molar-refractivity contribution is 0.102. The third kappa shape index (κ3) is 2.75. The van der Waals surface area contributed by atoms with E-state index < -0.39 is 0 Å². The Balaban J connectivity index is 1.90. The van der Waals surface area contributed by atoms with Crippen molar-refractivity contribution >= 4 is 22.4 Å². The Hall–Kier alpha value is -2.72. The summed E-state index contributed by atoms with van der Waals surface area (Å²) >= 11 is 0. The smallest absolute Gasteiger partial charge is 0.274 e. The van der Waals surface area contributed by atoms with Crippen molar-refractivity contribution in [2.24, 2.45) is 5.73 Å². The van der Waals surface area contributed by atoms with Gasteiger partial charge < -0.3 is 11.1 Å². The molecule has 1 aromatic heterocycles. The van der Waals surface area contributed by atoms with E-state index in [1.807, 2.05) is 54.6 Å². The van der Waals surface area contributed by atoms with Crippen LogP contribution in [0.3, 0.4) is 0 Å². The molecule has 0 fully saturated rings. The van der Waals surface area contributed by atoms with Crippen LogP contribution in [0.1, 0.15) is 16.1 Å². The molecule has 21 heavy (non-hydrogen) atoms. The molecule has 1 heterocycles. The summed E-state index contributed by atoms with van der Waals surface area (Å²) in [7, 11) is 0. The molecule has 0 radical (unpaired) electrons. The molecule has 0 bridgehead atoms. The second-order valence-electron chi connectivity index (χ2n) is 4.74. The average Bonchev–Trinajstić information content (AvgIpc) is 2.55. The number of hydrogen-bond donors (Lipinski definition) is 2. The second-order valence-corrected chi connectivity index (χ2v) is 4.74. The molecule has 0 aliphatic rings. The normalized spacial score (nSPS) is 10.5. The molecule has 2 aromatic carbocycles. The van der Waals surface area contributed by atoms with Crippen molar-refractivity contribution < 1.29 is 4.79 Å². The number of anilines is 1. The second kappa shape index (κ2) is 5.73. The Morgan fingerprint density at radius 3 is 2.57 bits per heavy atom. The van der Waals surface area contributed by atoms with Crippen LogP contribution in [0, 0.1) is 0 Å². The molecule has 4 heteroatoms. The number of carbonyl (C=O) groups excluding carboxylic acids is 1. The van der Waals surface area contributed by atoms with Crippen LogP contribution in [-0.2, 0) is 6.54 Å². The Kier molecular flexibility index (Phi) is 3.62. The van der Waals surface area contributed by atoms with Crippen molar-refractivity contribution in [2.45, 2.75) is 6.54 Å². The monoisotopic (exact) mass is 277 g/mol. The van der Waals surface area contributed by atoms with Crippen molar-refractivity contribution in [3.8, 4) is 0 Å².